The second-order valence-corrected chi connectivity index (χ2v) is 4.22. The summed E-state index contributed by atoms with van der Waals surface area (Å²) in [5, 5.41) is 9.67. The molecule has 1 aliphatic rings. The molecule has 82 valence electrons. The van der Waals surface area contributed by atoms with E-state index in [0.717, 1.165) is 11.4 Å². The molecular weight excluding hydrogens is 192 g/mol. The van der Waals surface area contributed by atoms with E-state index in [0.29, 0.717) is 19.4 Å². The molecule has 1 aromatic rings. The molecule has 1 aromatic heterocycles. The van der Waals surface area contributed by atoms with E-state index in [2.05, 4.69) is 9.97 Å². The van der Waals surface area contributed by atoms with Gasteiger partial charge in [0.15, 0.2) is 0 Å². The highest BCUT2D eigenvalue weighted by Gasteiger charge is 2.36. The lowest BCUT2D eigenvalue weighted by Crippen LogP contribution is -2.38. The molecule has 0 aliphatic carbocycles. The molecule has 4 nitrogen and oxygen atoms in total. The number of rotatable bonds is 1. The van der Waals surface area contributed by atoms with Crippen molar-refractivity contribution in [3.05, 3.63) is 23.8 Å². The summed E-state index contributed by atoms with van der Waals surface area (Å²) in [5.41, 5.74) is 1.22. The summed E-state index contributed by atoms with van der Waals surface area (Å²) in [5.74, 6) is 0. The van der Waals surface area contributed by atoms with E-state index in [9.17, 15) is 5.11 Å². The number of ether oxygens (including phenoxy) is 1. The molecule has 2 heterocycles. The molecule has 2 unspecified atom stereocenters. The van der Waals surface area contributed by atoms with Crippen LogP contribution in [-0.4, -0.2) is 27.8 Å². The second kappa shape index (κ2) is 3.87. The smallest absolute Gasteiger partial charge is 0.111 e. The first-order valence-electron chi connectivity index (χ1n) is 5.22. The van der Waals surface area contributed by atoms with Gasteiger partial charge in [-0.15, -0.1) is 0 Å². The summed E-state index contributed by atoms with van der Waals surface area (Å²) < 4.78 is 5.74. The largest absolute Gasteiger partial charge is 0.393 e. The predicted octanol–water partition coefficient (Wildman–Crippen LogP) is 1.17. The molecule has 0 radical (unpaired) electrons. The highest BCUT2D eigenvalue weighted by Crippen LogP contribution is 2.34. The number of nitrogens with zero attached hydrogens (tertiary/aromatic N) is 2. The Kier molecular flexibility index (Phi) is 2.71. The van der Waals surface area contributed by atoms with E-state index < -0.39 is 5.60 Å². The minimum absolute atomic E-state index is 0.301. The van der Waals surface area contributed by atoms with Crippen molar-refractivity contribution in [2.75, 3.05) is 6.61 Å². The Morgan fingerprint density at radius 1 is 1.47 bits per heavy atom. The molecule has 0 saturated carbocycles. The molecule has 1 N–H and O–H groups in total. The maximum Gasteiger partial charge on any atom is 0.111 e. The normalized spacial score (nSPS) is 31.5. The van der Waals surface area contributed by atoms with Crippen LogP contribution in [0.15, 0.2) is 12.4 Å². The maximum atomic E-state index is 9.67. The van der Waals surface area contributed by atoms with Gasteiger partial charge in [-0.05, 0) is 20.3 Å². The summed E-state index contributed by atoms with van der Waals surface area (Å²) in [6, 6.07) is 0. The molecule has 1 saturated heterocycles. The first kappa shape index (κ1) is 10.5. The van der Waals surface area contributed by atoms with Crippen LogP contribution in [0.2, 0.25) is 0 Å². The zero-order valence-corrected chi connectivity index (χ0v) is 9.10. The van der Waals surface area contributed by atoms with Crippen molar-refractivity contribution in [2.45, 2.75) is 38.4 Å². The van der Waals surface area contributed by atoms with Crippen LogP contribution in [0.25, 0.3) is 0 Å². The summed E-state index contributed by atoms with van der Waals surface area (Å²) in [4.78, 5) is 8.51. The van der Waals surface area contributed by atoms with Crippen molar-refractivity contribution in [3.63, 3.8) is 0 Å². The van der Waals surface area contributed by atoms with E-state index in [1.807, 2.05) is 13.8 Å². The Balaban J connectivity index is 2.32. The molecule has 4 heteroatoms. The summed E-state index contributed by atoms with van der Waals surface area (Å²) in [6.07, 6.45) is 4.33. The van der Waals surface area contributed by atoms with E-state index in [-0.39, 0.29) is 6.10 Å². The van der Waals surface area contributed by atoms with Gasteiger partial charge >= 0.3 is 0 Å². The Morgan fingerprint density at radius 3 is 2.87 bits per heavy atom. The average molecular weight is 208 g/mol. The lowest BCUT2D eigenvalue weighted by Gasteiger charge is -2.36. The Labute approximate surface area is 89.3 Å². The number of hydrogen-bond donors (Lipinski definition) is 1. The number of hydrogen-bond acceptors (Lipinski definition) is 4. The Morgan fingerprint density at radius 2 is 2.20 bits per heavy atom. The van der Waals surface area contributed by atoms with E-state index in [1.165, 1.54) is 0 Å². The minimum atomic E-state index is -0.490. The van der Waals surface area contributed by atoms with Crippen LogP contribution in [0.4, 0.5) is 0 Å². The summed E-state index contributed by atoms with van der Waals surface area (Å²) >= 11 is 0. The fraction of sp³-hybridized carbons (Fsp3) is 0.636. The first-order chi connectivity index (χ1) is 7.12. The Bertz CT molecular complexity index is 356. The molecule has 2 atom stereocenters. The van der Waals surface area contributed by atoms with E-state index >= 15 is 0 Å². The molecule has 1 fully saturated rings. The lowest BCUT2D eigenvalue weighted by atomic mass is 9.89. The van der Waals surface area contributed by atoms with Gasteiger partial charge in [0.1, 0.15) is 5.60 Å². The molecule has 0 spiro atoms. The molecule has 15 heavy (non-hydrogen) atoms. The number of aliphatic hydroxyl groups is 1. The highest BCUT2D eigenvalue weighted by molar-refractivity contribution is 5.17. The van der Waals surface area contributed by atoms with Crippen molar-refractivity contribution in [3.8, 4) is 0 Å². The van der Waals surface area contributed by atoms with Crippen molar-refractivity contribution in [2.24, 2.45) is 0 Å². The standard InChI is InChI=1S/C11H16N2O2/c1-8-10(13-5-4-12-8)11(2)7-9(14)3-6-15-11/h4-5,9,14H,3,6-7H2,1-2H3. The van der Waals surface area contributed by atoms with Gasteiger partial charge in [-0.2, -0.15) is 0 Å². The van der Waals surface area contributed by atoms with Crippen LogP contribution in [-0.2, 0) is 10.3 Å². The average Bonchev–Trinajstić information content (AvgIpc) is 2.17. The summed E-state index contributed by atoms with van der Waals surface area (Å²) in [7, 11) is 0. The third kappa shape index (κ3) is 2.01. The predicted molar refractivity (Wildman–Crippen MR) is 55.3 cm³/mol. The SMILES string of the molecule is Cc1nccnc1C1(C)CC(O)CCO1. The minimum Gasteiger partial charge on any atom is -0.393 e. The summed E-state index contributed by atoms with van der Waals surface area (Å²) in [6.45, 7) is 4.46. The van der Waals surface area contributed by atoms with Crippen LogP contribution in [0.3, 0.4) is 0 Å². The second-order valence-electron chi connectivity index (χ2n) is 4.22. The fourth-order valence-corrected chi connectivity index (χ4v) is 2.12. The third-order valence-electron chi connectivity index (χ3n) is 2.88. The quantitative estimate of drug-likeness (QED) is 0.752. The first-order valence-corrected chi connectivity index (χ1v) is 5.22. The van der Waals surface area contributed by atoms with Gasteiger partial charge < -0.3 is 9.84 Å². The van der Waals surface area contributed by atoms with Crippen LogP contribution >= 0.6 is 0 Å². The van der Waals surface area contributed by atoms with Crippen molar-refractivity contribution in [1.29, 1.82) is 0 Å². The van der Waals surface area contributed by atoms with Gasteiger partial charge in [0.2, 0.25) is 0 Å². The zero-order chi connectivity index (χ0) is 10.9. The lowest BCUT2D eigenvalue weighted by molar-refractivity contribution is -0.115. The monoisotopic (exact) mass is 208 g/mol. The van der Waals surface area contributed by atoms with Crippen molar-refractivity contribution >= 4 is 0 Å². The molecule has 1 aliphatic heterocycles. The topological polar surface area (TPSA) is 55.2 Å². The van der Waals surface area contributed by atoms with E-state index in [4.69, 9.17) is 4.74 Å². The van der Waals surface area contributed by atoms with Crippen molar-refractivity contribution < 1.29 is 9.84 Å². The van der Waals surface area contributed by atoms with E-state index in [1.54, 1.807) is 12.4 Å². The number of aliphatic hydroxyl groups excluding tert-OH is 1. The van der Waals surface area contributed by atoms with Crippen LogP contribution in [0.5, 0.6) is 0 Å². The highest BCUT2D eigenvalue weighted by atomic mass is 16.5. The molecule has 0 amide bonds. The number of aromatic nitrogens is 2. The molecular formula is C11H16N2O2. The van der Waals surface area contributed by atoms with Gasteiger partial charge in [0, 0.05) is 18.8 Å². The van der Waals surface area contributed by atoms with Gasteiger partial charge in [-0.25, -0.2) is 0 Å². The third-order valence-corrected chi connectivity index (χ3v) is 2.88. The van der Waals surface area contributed by atoms with Crippen LogP contribution in [0, 0.1) is 6.92 Å². The maximum absolute atomic E-state index is 9.67. The number of aryl methyl sites for hydroxylation is 1. The Hall–Kier alpha value is -1.00. The van der Waals surface area contributed by atoms with Crippen molar-refractivity contribution in [1.82, 2.24) is 9.97 Å². The van der Waals surface area contributed by atoms with Gasteiger partial charge in [0.05, 0.1) is 24.1 Å². The fourth-order valence-electron chi connectivity index (χ4n) is 2.12. The molecule has 0 aromatic carbocycles. The van der Waals surface area contributed by atoms with Crippen LogP contribution < -0.4 is 0 Å². The molecule has 0 bridgehead atoms. The zero-order valence-electron chi connectivity index (χ0n) is 9.10. The van der Waals surface area contributed by atoms with Gasteiger partial charge in [0.25, 0.3) is 0 Å². The molecule has 2 rings (SSSR count). The van der Waals surface area contributed by atoms with Gasteiger partial charge in [-0.1, -0.05) is 0 Å². The van der Waals surface area contributed by atoms with Crippen LogP contribution in [0.1, 0.15) is 31.2 Å². The van der Waals surface area contributed by atoms with Gasteiger partial charge in [-0.3, -0.25) is 9.97 Å².